The van der Waals surface area contributed by atoms with Crippen LogP contribution in [0.1, 0.15) is 32.8 Å². The number of benzene rings is 3. The van der Waals surface area contributed by atoms with Crippen molar-refractivity contribution in [2.45, 2.75) is 51.7 Å². The summed E-state index contributed by atoms with van der Waals surface area (Å²) in [5.41, 5.74) is 1.54. The second kappa shape index (κ2) is 12.1. The Bertz CT molecular complexity index is 1160. The molecular weight excluding hydrogens is 442 g/mol. The lowest BCUT2D eigenvalue weighted by Gasteiger charge is -2.25. The Morgan fingerprint density at radius 1 is 0.800 bits per heavy atom. The van der Waals surface area contributed by atoms with E-state index in [0.29, 0.717) is 12.1 Å². The largest absolute Gasteiger partial charge is 0.480 e. The maximum absolute atomic E-state index is 13.4. The summed E-state index contributed by atoms with van der Waals surface area (Å²) in [5.74, 6) is -1.62. The smallest absolute Gasteiger partial charge is 0.320 e. The van der Waals surface area contributed by atoms with Crippen molar-refractivity contribution in [2.24, 2.45) is 5.92 Å². The predicted octanol–water partition coefficient (Wildman–Crippen LogP) is 3.98. The van der Waals surface area contributed by atoms with Crippen molar-refractivity contribution < 1.29 is 19.5 Å². The van der Waals surface area contributed by atoms with Gasteiger partial charge in [0.05, 0.1) is 6.04 Å². The van der Waals surface area contributed by atoms with Crippen LogP contribution in [-0.4, -0.2) is 41.0 Å². The van der Waals surface area contributed by atoms with E-state index in [1.165, 1.54) is 6.92 Å². The SMILES string of the molecule is CC(C)C[C@H](NC(=O)[C@H](Cc1ccc2ccccc2c1)NC(C)C(=O)O)C(=O)Nc1ccccc1. The summed E-state index contributed by atoms with van der Waals surface area (Å²) < 4.78 is 0. The Hall–Kier alpha value is -3.71. The standard InChI is InChI=1S/C28H33N3O4/c1-18(2)15-24(26(32)30-23-11-5-4-6-12-23)31-27(33)25(29-19(3)28(34)35)17-20-13-14-21-9-7-8-10-22(21)16-20/h4-14,16,18-19,24-25,29H,15,17H2,1-3H3,(H,30,32)(H,31,33)(H,34,35)/t19?,24-,25-/m0/s1. The van der Waals surface area contributed by atoms with Gasteiger partial charge in [0.1, 0.15) is 12.1 Å². The minimum Gasteiger partial charge on any atom is -0.480 e. The molecule has 0 saturated heterocycles. The van der Waals surface area contributed by atoms with Crippen molar-refractivity contribution in [1.29, 1.82) is 0 Å². The molecule has 7 heteroatoms. The quantitative estimate of drug-likeness (QED) is 0.336. The number of para-hydroxylation sites is 1. The van der Waals surface area contributed by atoms with Crippen molar-refractivity contribution >= 4 is 34.2 Å². The topological polar surface area (TPSA) is 108 Å². The molecule has 35 heavy (non-hydrogen) atoms. The first kappa shape index (κ1) is 25.9. The van der Waals surface area contributed by atoms with Crippen LogP contribution in [-0.2, 0) is 20.8 Å². The summed E-state index contributed by atoms with van der Waals surface area (Å²) >= 11 is 0. The first-order valence-electron chi connectivity index (χ1n) is 11.9. The molecule has 0 fully saturated rings. The van der Waals surface area contributed by atoms with Crippen molar-refractivity contribution in [1.82, 2.24) is 10.6 Å². The molecular formula is C28H33N3O4. The summed E-state index contributed by atoms with van der Waals surface area (Å²) in [6, 6.07) is 20.4. The predicted molar refractivity (Wildman–Crippen MR) is 138 cm³/mol. The molecule has 184 valence electrons. The molecule has 7 nitrogen and oxygen atoms in total. The number of carbonyl (C=O) groups excluding carboxylic acids is 2. The molecule has 0 aromatic heterocycles. The van der Waals surface area contributed by atoms with E-state index >= 15 is 0 Å². The molecule has 0 saturated carbocycles. The monoisotopic (exact) mass is 475 g/mol. The van der Waals surface area contributed by atoms with Crippen LogP contribution in [0.5, 0.6) is 0 Å². The summed E-state index contributed by atoms with van der Waals surface area (Å²) in [6.07, 6.45) is 0.727. The zero-order valence-corrected chi connectivity index (χ0v) is 20.3. The second-order valence-corrected chi connectivity index (χ2v) is 9.21. The van der Waals surface area contributed by atoms with Crippen LogP contribution in [0.3, 0.4) is 0 Å². The summed E-state index contributed by atoms with van der Waals surface area (Å²) in [7, 11) is 0. The number of carbonyl (C=O) groups is 3. The molecule has 0 aliphatic heterocycles. The Labute approximate surface area is 205 Å². The van der Waals surface area contributed by atoms with E-state index < -0.39 is 30.0 Å². The number of anilines is 1. The summed E-state index contributed by atoms with van der Waals surface area (Å²) in [6.45, 7) is 5.45. The molecule has 4 N–H and O–H groups in total. The van der Waals surface area contributed by atoms with Crippen molar-refractivity contribution in [3.63, 3.8) is 0 Å². The van der Waals surface area contributed by atoms with Crippen molar-refractivity contribution in [3.05, 3.63) is 78.4 Å². The third-order valence-corrected chi connectivity index (χ3v) is 5.77. The fourth-order valence-electron chi connectivity index (χ4n) is 3.93. The molecule has 0 aliphatic carbocycles. The summed E-state index contributed by atoms with van der Waals surface area (Å²) in [5, 5.41) is 20.2. The first-order chi connectivity index (χ1) is 16.7. The van der Waals surface area contributed by atoms with Gasteiger partial charge in [-0.1, -0.05) is 74.5 Å². The molecule has 3 rings (SSSR count). The molecule has 0 spiro atoms. The van der Waals surface area contributed by atoms with Gasteiger partial charge in [-0.3, -0.25) is 19.7 Å². The molecule has 3 aromatic carbocycles. The van der Waals surface area contributed by atoms with Gasteiger partial charge in [0.15, 0.2) is 0 Å². The van der Waals surface area contributed by atoms with Crippen molar-refractivity contribution in [2.75, 3.05) is 5.32 Å². The highest BCUT2D eigenvalue weighted by Gasteiger charge is 2.28. The molecule has 2 amide bonds. The van der Waals surface area contributed by atoms with E-state index in [-0.39, 0.29) is 18.2 Å². The number of hydrogen-bond donors (Lipinski definition) is 4. The zero-order valence-electron chi connectivity index (χ0n) is 20.3. The molecule has 0 bridgehead atoms. The fourth-order valence-corrected chi connectivity index (χ4v) is 3.93. The van der Waals surface area contributed by atoms with Gasteiger partial charge in [-0.05, 0) is 54.2 Å². The van der Waals surface area contributed by atoms with Gasteiger partial charge < -0.3 is 15.7 Å². The molecule has 0 aliphatic rings. The van der Waals surface area contributed by atoms with Crippen LogP contribution in [0.15, 0.2) is 72.8 Å². The third kappa shape index (κ3) is 7.65. The lowest BCUT2D eigenvalue weighted by atomic mass is 9.99. The second-order valence-electron chi connectivity index (χ2n) is 9.21. The number of nitrogens with one attached hydrogen (secondary N) is 3. The molecule has 3 atom stereocenters. The van der Waals surface area contributed by atoms with Crippen LogP contribution in [0.4, 0.5) is 5.69 Å². The van der Waals surface area contributed by atoms with Gasteiger partial charge >= 0.3 is 5.97 Å². The maximum atomic E-state index is 13.4. The highest BCUT2D eigenvalue weighted by molar-refractivity contribution is 5.98. The van der Waals surface area contributed by atoms with Crippen LogP contribution in [0.25, 0.3) is 10.8 Å². The fraction of sp³-hybridized carbons (Fsp3) is 0.321. The Morgan fingerprint density at radius 3 is 2.11 bits per heavy atom. The number of rotatable bonds is 11. The average Bonchev–Trinajstić information content (AvgIpc) is 2.83. The Kier molecular flexibility index (Phi) is 8.98. The number of carboxylic acid groups (broad SMARTS) is 1. The normalized spacial score (nSPS) is 13.7. The van der Waals surface area contributed by atoms with Crippen LogP contribution in [0, 0.1) is 5.92 Å². The first-order valence-corrected chi connectivity index (χ1v) is 11.9. The minimum absolute atomic E-state index is 0.159. The summed E-state index contributed by atoms with van der Waals surface area (Å²) in [4.78, 5) is 37.9. The molecule has 0 radical (unpaired) electrons. The third-order valence-electron chi connectivity index (χ3n) is 5.77. The number of carboxylic acids is 1. The van der Waals surface area contributed by atoms with Crippen LogP contribution < -0.4 is 16.0 Å². The number of hydrogen-bond acceptors (Lipinski definition) is 4. The van der Waals surface area contributed by atoms with Crippen LogP contribution in [0.2, 0.25) is 0 Å². The highest BCUT2D eigenvalue weighted by atomic mass is 16.4. The van der Waals surface area contributed by atoms with Gasteiger partial charge in [0, 0.05) is 5.69 Å². The van der Waals surface area contributed by atoms with Crippen LogP contribution >= 0.6 is 0 Å². The molecule has 3 aromatic rings. The lowest BCUT2D eigenvalue weighted by Crippen LogP contribution is -2.55. The minimum atomic E-state index is -1.05. The van der Waals surface area contributed by atoms with Gasteiger partial charge in [0.25, 0.3) is 0 Å². The number of fused-ring (bicyclic) bond motifs is 1. The Morgan fingerprint density at radius 2 is 1.46 bits per heavy atom. The van der Waals surface area contributed by atoms with E-state index in [4.69, 9.17) is 0 Å². The van der Waals surface area contributed by atoms with Gasteiger partial charge in [-0.15, -0.1) is 0 Å². The number of aliphatic carboxylic acids is 1. The van der Waals surface area contributed by atoms with E-state index in [9.17, 15) is 19.5 Å². The average molecular weight is 476 g/mol. The number of amides is 2. The molecule has 0 heterocycles. The highest BCUT2D eigenvalue weighted by Crippen LogP contribution is 2.17. The van der Waals surface area contributed by atoms with Gasteiger partial charge in [-0.25, -0.2) is 0 Å². The van der Waals surface area contributed by atoms with E-state index in [1.807, 2.05) is 74.5 Å². The Balaban J connectivity index is 1.80. The maximum Gasteiger partial charge on any atom is 0.320 e. The van der Waals surface area contributed by atoms with Gasteiger partial charge in [0.2, 0.25) is 11.8 Å². The van der Waals surface area contributed by atoms with E-state index in [1.54, 1.807) is 12.1 Å². The van der Waals surface area contributed by atoms with Gasteiger partial charge in [-0.2, -0.15) is 0 Å². The zero-order chi connectivity index (χ0) is 25.4. The van der Waals surface area contributed by atoms with E-state index in [0.717, 1.165) is 16.3 Å². The lowest BCUT2D eigenvalue weighted by molar-refractivity contribution is -0.139. The molecule has 1 unspecified atom stereocenters. The van der Waals surface area contributed by atoms with Crippen molar-refractivity contribution in [3.8, 4) is 0 Å². The van der Waals surface area contributed by atoms with E-state index in [2.05, 4.69) is 16.0 Å².